The summed E-state index contributed by atoms with van der Waals surface area (Å²) < 4.78 is 41.9. The Morgan fingerprint density at radius 1 is 0.944 bits per heavy atom. The molecule has 0 bridgehead atoms. The molecule has 3 aromatic carbocycles. The van der Waals surface area contributed by atoms with Crippen molar-refractivity contribution < 1.29 is 22.4 Å². The summed E-state index contributed by atoms with van der Waals surface area (Å²) in [6.07, 6.45) is 1.04. The minimum atomic E-state index is -4.07. The van der Waals surface area contributed by atoms with Gasteiger partial charge in [0.2, 0.25) is 9.84 Å². The number of hydrogen-bond donors (Lipinski definition) is 0. The largest absolute Gasteiger partial charge is 0.338 e. The van der Waals surface area contributed by atoms with E-state index >= 15 is 0 Å². The minimum absolute atomic E-state index is 0.0107. The van der Waals surface area contributed by atoms with Crippen LogP contribution in [0.3, 0.4) is 0 Å². The Labute approximate surface area is 210 Å². The van der Waals surface area contributed by atoms with Gasteiger partial charge < -0.3 is 9.80 Å². The second-order valence-electron chi connectivity index (χ2n) is 9.82. The first-order chi connectivity index (χ1) is 17.2. The molecule has 2 aliphatic heterocycles. The Bertz CT molecular complexity index is 1460. The van der Waals surface area contributed by atoms with Gasteiger partial charge in [0, 0.05) is 24.2 Å². The van der Waals surface area contributed by atoms with E-state index in [-0.39, 0.29) is 39.1 Å². The van der Waals surface area contributed by atoms with Crippen LogP contribution in [0.5, 0.6) is 0 Å². The molecule has 186 valence electrons. The number of carbonyl (C=O) groups is 2. The molecule has 5 rings (SSSR count). The van der Waals surface area contributed by atoms with Crippen molar-refractivity contribution in [2.24, 2.45) is 11.8 Å². The van der Waals surface area contributed by atoms with E-state index in [2.05, 4.69) is 13.8 Å². The van der Waals surface area contributed by atoms with Crippen LogP contribution in [0, 0.1) is 17.7 Å². The van der Waals surface area contributed by atoms with Gasteiger partial charge in [0.15, 0.2) is 0 Å². The summed E-state index contributed by atoms with van der Waals surface area (Å²) >= 11 is 0. The molecule has 2 heterocycles. The number of halogens is 1. The van der Waals surface area contributed by atoms with Crippen LogP contribution in [0.4, 0.5) is 10.1 Å². The van der Waals surface area contributed by atoms with Crippen molar-refractivity contribution in [3.05, 3.63) is 89.2 Å². The normalized spacial score (nSPS) is 20.9. The van der Waals surface area contributed by atoms with Crippen LogP contribution in [0.25, 0.3) is 0 Å². The van der Waals surface area contributed by atoms with E-state index in [1.165, 1.54) is 41.3 Å². The lowest BCUT2D eigenvalue weighted by atomic mass is 9.91. The highest BCUT2D eigenvalue weighted by Gasteiger charge is 2.37. The van der Waals surface area contributed by atoms with Crippen molar-refractivity contribution >= 4 is 27.3 Å². The smallest absolute Gasteiger partial charge is 0.259 e. The molecule has 0 N–H and O–H groups in total. The van der Waals surface area contributed by atoms with Crippen molar-refractivity contribution in [3.63, 3.8) is 0 Å². The molecule has 0 saturated carbocycles. The highest BCUT2D eigenvalue weighted by Crippen LogP contribution is 2.38. The van der Waals surface area contributed by atoms with Crippen LogP contribution >= 0.6 is 0 Å². The molecule has 0 aliphatic carbocycles. The zero-order valence-corrected chi connectivity index (χ0v) is 21.0. The lowest BCUT2D eigenvalue weighted by Gasteiger charge is -2.35. The Kier molecular flexibility index (Phi) is 6.16. The molecule has 8 heteroatoms. The average Bonchev–Trinajstić information content (AvgIpc) is 2.92. The molecular formula is C28H27FN2O4S. The predicted octanol–water partition coefficient (Wildman–Crippen LogP) is 4.94. The first-order valence-electron chi connectivity index (χ1n) is 12.0. The number of sulfone groups is 1. The highest BCUT2D eigenvalue weighted by molar-refractivity contribution is 7.91. The molecule has 0 radical (unpaired) electrons. The summed E-state index contributed by atoms with van der Waals surface area (Å²) in [4.78, 5) is 30.0. The maximum absolute atomic E-state index is 14.6. The van der Waals surface area contributed by atoms with E-state index in [1.54, 1.807) is 35.2 Å². The van der Waals surface area contributed by atoms with Crippen LogP contribution in [0.15, 0.2) is 76.5 Å². The first kappa shape index (κ1) is 24.2. The van der Waals surface area contributed by atoms with Crippen molar-refractivity contribution in [2.75, 3.05) is 18.0 Å². The fourth-order valence-electron chi connectivity index (χ4n) is 5.30. The van der Waals surface area contributed by atoms with Crippen molar-refractivity contribution in [2.45, 2.75) is 36.6 Å². The second kappa shape index (κ2) is 9.17. The third-order valence-corrected chi connectivity index (χ3v) is 8.74. The fraction of sp³-hybridized carbons (Fsp3) is 0.286. The van der Waals surface area contributed by atoms with Crippen LogP contribution in [0.2, 0.25) is 0 Å². The van der Waals surface area contributed by atoms with Crippen LogP contribution in [-0.2, 0) is 16.4 Å². The quantitative estimate of drug-likeness (QED) is 0.505. The number of hydrogen-bond acceptors (Lipinski definition) is 4. The van der Waals surface area contributed by atoms with Gasteiger partial charge in [-0.2, -0.15) is 0 Å². The van der Waals surface area contributed by atoms with Gasteiger partial charge in [-0.15, -0.1) is 0 Å². The third kappa shape index (κ3) is 4.19. The summed E-state index contributed by atoms with van der Waals surface area (Å²) in [6.45, 7) is 5.25. The number of carbonyl (C=O) groups excluding carboxylic acids is 2. The first-order valence-corrected chi connectivity index (χ1v) is 13.5. The van der Waals surface area contributed by atoms with E-state index < -0.39 is 21.6 Å². The molecule has 1 saturated heterocycles. The van der Waals surface area contributed by atoms with Crippen LogP contribution in [-0.4, -0.2) is 38.2 Å². The maximum Gasteiger partial charge on any atom is 0.259 e. The summed E-state index contributed by atoms with van der Waals surface area (Å²) in [7, 11) is -4.07. The summed E-state index contributed by atoms with van der Waals surface area (Å²) in [5, 5.41) is 0. The second-order valence-corrected chi connectivity index (χ2v) is 11.7. The van der Waals surface area contributed by atoms with Gasteiger partial charge in [-0.3, -0.25) is 9.59 Å². The van der Waals surface area contributed by atoms with Gasteiger partial charge in [0.05, 0.1) is 27.6 Å². The molecule has 0 aromatic heterocycles. The minimum Gasteiger partial charge on any atom is -0.338 e. The molecule has 2 amide bonds. The van der Waals surface area contributed by atoms with Crippen molar-refractivity contribution in [3.8, 4) is 0 Å². The van der Waals surface area contributed by atoms with E-state index in [0.717, 1.165) is 6.42 Å². The summed E-state index contributed by atoms with van der Waals surface area (Å²) in [5.41, 5.74) is 0.617. The number of anilines is 1. The van der Waals surface area contributed by atoms with E-state index in [4.69, 9.17) is 0 Å². The van der Waals surface area contributed by atoms with Crippen molar-refractivity contribution in [1.82, 2.24) is 4.90 Å². The number of fused-ring (bicyclic) bond motifs is 2. The molecule has 3 aromatic rings. The van der Waals surface area contributed by atoms with E-state index in [1.807, 2.05) is 0 Å². The molecule has 2 unspecified atom stereocenters. The van der Waals surface area contributed by atoms with Gasteiger partial charge in [-0.25, -0.2) is 12.8 Å². The topological polar surface area (TPSA) is 74.8 Å². The van der Waals surface area contributed by atoms with E-state index in [0.29, 0.717) is 30.5 Å². The van der Waals surface area contributed by atoms with Crippen LogP contribution < -0.4 is 4.90 Å². The van der Waals surface area contributed by atoms with Gasteiger partial charge in [-0.1, -0.05) is 44.2 Å². The molecular weight excluding hydrogens is 479 g/mol. The Morgan fingerprint density at radius 2 is 1.61 bits per heavy atom. The maximum atomic E-state index is 14.6. The standard InChI is InChI=1S/C28H27FN2O4S/c1-18-13-19(2)16-30(15-18)27(32)20-11-12-26-24(14-20)31(17-21-7-3-5-9-23(21)29)28(33)22-8-4-6-10-25(22)36(26,34)35/h3-12,14,18-19H,13,15-17H2,1-2H3. The van der Waals surface area contributed by atoms with Gasteiger partial charge in [0.1, 0.15) is 5.82 Å². The zero-order chi connectivity index (χ0) is 25.6. The third-order valence-electron chi connectivity index (χ3n) is 6.88. The van der Waals surface area contributed by atoms with E-state index in [9.17, 15) is 22.4 Å². The summed E-state index contributed by atoms with van der Waals surface area (Å²) in [6, 6.07) is 16.4. The van der Waals surface area contributed by atoms with Gasteiger partial charge in [-0.05, 0) is 54.7 Å². The molecule has 2 atom stereocenters. The van der Waals surface area contributed by atoms with Crippen LogP contribution in [0.1, 0.15) is 46.5 Å². The predicted molar refractivity (Wildman–Crippen MR) is 134 cm³/mol. The molecule has 6 nitrogen and oxygen atoms in total. The Hall–Kier alpha value is -3.52. The van der Waals surface area contributed by atoms with Gasteiger partial charge >= 0.3 is 0 Å². The molecule has 36 heavy (non-hydrogen) atoms. The number of rotatable bonds is 3. The SMILES string of the molecule is CC1CC(C)CN(C(=O)c2ccc3c(c2)N(Cc2ccccc2F)C(=O)c2ccccc2S3(=O)=O)C1. The fourth-order valence-corrected chi connectivity index (χ4v) is 6.94. The lowest BCUT2D eigenvalue weighted by Crippen LogP contribution is -2.42. The highest BCUT2D eigenvalue weighted by atomic mass is 32.2. The Morgan fingerprint density at radius 3 is 2.33 bits per heavy atom. The van der Waals surface area contributed by atoms with Gasteiger partial charge in [0.25, 0.3) is 11.8 Å². The lowest BCUT2D eigenvalue weighted by molar-refractivity contribution is 0.0623. The molecule has 1 fully saturated rings. The average molecular weight is 507 g/mol. The number of nitrogens with zero attached hydrogens (tertiary/aromatic N) is 2. The number of likely N-dealkylation sites (tertiary alicyclic amines) is 1. The summed E-state index contributed by atoms with van der Waals surface area (Å²) in [5.74, 6) is -0.578. The number of piperidine rings is 1. The molecule has 2 aliphatic rings. The number of amides is 2. The zero-order valence-electron chi connectivity index (χ0n) is 20.1. The number of benzene rings is 3. The molecule has 0 spiro atoms. The Balaban J connectivity index is 1.66. The van der Waals surface area contributed by atoms with Crippen molar-refractivity contribution in [1.29, 1.82) is 0 Å². The monoisotopic (exact) mass is 506 g/mol.